The molecule has 2 N–H and O–H groups in total. The molecule has 0 radical (unpaired) electrons. The van der Waals surface area contributed by atoms with Gasteiger partial charge in [-0.3, -0.25) is 20.4 Å². The zero-order chi connectivity index (χ0) is 21.5. The molecule has 1 aromatic heterocycles. The molecule has 30 heavy (non-hydrogen) atoms. The molecule has 156 valence electrons. The number of nitrogens with zero attached hydrogens (tertiary/aromatic N) is 1. The van der Waals surface area contributed by atoms with Crippen LogP contribution in [0.5, 0.6) is 5.75 Å². The second-order valence-corrected chi connectivity index (χ2v) is 7.20. The molecule has 0 aliphatic carbocycles. The molecule has 0 fully saturated rings. The molecule has 0 spiro atoms. The van der Waals surface area contributed by atoms with Crippen molar-refractivity contribution in [2.45, 2.75) is 19.8 Å². The number of aromatic nitrogens is 1. The number of hydrogen-bond acceptors (Lipinski definition) is 5. The normalized spacial score (nSPS) is 10.5. The Bertz CT molecular complexity index is 1040. The molecule has 3 rings (SSSR count). The SMILES string of the molecule is Cc1onc(-c2ccccc2)c1C(=O)NNC(=O)CCCOc1ccc(Cl)cc1Cl. The predicted octanol–water partition coefficient (Wildman–Crippen LogP) is 4.58. The van der Waals surface area contributed by atoms with Gasteiger partial charge in [-0.05, 0) is 31.5 Å². The lowest BCUT2D eigenvalue weighted by Gasteiger charge is -2.09. The van der Waals surface area contributed by atoms with Crippen molar-refractivity contribution in [1.82, 2.24) is 16.0 Å². The fourth-order valence-corrected chi connectivity index (χ4v) is 3.15. The highest BCUT2D eigenvalue weighted by atomic mass is 35.5. The summed E-state index contributed by atoms with van der Waals surface area (Å²) in [6.07, 6.45) is 0.585. The van der Waals surface area contributed by atoms with Crippen molar-refractivity contribution in [1.29, 1.82) is 0 Å². The molecule has 0 saturated carbocycles. The van der Waals surface area contributed by atoms with Crippen LogP contribution in [-0.4, -0.2) is 23.6 Å². The number of nitrogens with one attached hydrogen (secondary N) is 2. The predicted molar refractivity (Wildman–Crippen MR) is 113 cm³/mol. The van der Waals surface area contributed by atoms with Crippen LogP contribution in [0.15, 0.2) is 53.1 Å². The van der Waals surface area contributed by atoms with Crippen LogP contribution in [0.2, 0.25) is 10.0 Å². The van der Waals surface area contributed by atoms with E-state index in [0.717, 1.165) is 5.56 Å². The Balaban J connectivity index is 1.47. The van der Waals surface area contributed by atoms with Gasteiger partial charge in [-0.1, -0.05) is 58.7 Å². The van der Waals surface area contributed by atoms with Crippen molar-refractivity contribution in [3.05, 3.63) is 69.9 Å². The first-order valence-electron chi connectivity index (χ1n) is 9.14. The number of halogens is 2. The Labute approximate surface area is 183 Å². The summed E-state index contributed by atoms with van der Waals surface area (Å²) in [5, 5.41) is 4.87. The lowest BCUT2D eigenvalue weighted by Crippen LogP contribution is -2.41. The van der Waals surface area contributed by atoms with Crippen LogP contribution >= 0.6 is 23.2 Å². The second kappa shape index (κ2) is 10.1. The van der Waals surface area contributed by atoms with Crippen molar-refractivity contribution in [3.63, 3.8) is 0 Å². The summed E-state index contributed by atoms with van der Waals surface area (Å²) in [4.78, 5) is 24.5. The molecule has 2 amide bonds. The van der Waals surface area contributed by atoms with Crippen LogP contribution in [0.3, 0.4) is 0 Å². The largest absolute Gasteiger partial charge is 0.492 e. The smallest absolute Gasteiger partial charge is 0.275 e. The van der Waals surface area contributed by atoms with E-state index in [1.54, 1.807) is 25.1 Å². The highest BCUT2D eigenvalue weighted by Gasteiger charge is 2.21. The number of ether oxygens (including phenoxy) is 1. The van der Waals surface area contributed by atoms with E-state index in [4.69, 9.17) is 32.5 Å². The van der Waals surface area contributed by atoms with Gasteiger partial charge in [0.2, 0.25) is 5.91 Å². The zero-order valence-electron chi connectivity index (χ0n) is 16.1. The number of benzene rings is 2. The molecule has 0 unspecified atom stereocenters. The topological polar surface area (TPSA) is 93.5 Å². The number of carbonyl (C=O) groups excluding carboxylic acids is 2. The van der Waals surface area contributed by atoms with Gasteiger partial charge in [-0.15, -0.1) is 0 Å². The van der Waals surface area contributed by atoms with Gasteiger partial charge in [0.25, 0.3) is 5.91 Å². The minimum Gasteiger partial charge on any atom is -0.492 e. The van der Waals surface area contributed by atoms with Gasteiger partial charge in [-0.25, -0.2) is 0 Å². The molecule has 0 aliphatic heterocycles. The third-order valence-electron chi connectivity index (χ3n) is 4.15. The Morgan fingerprint density at radius 2 is 1.87 bits per heavy atom. The number of hydrazine groups is 1. The van der Waals surface area contributed by atoms with Crippen LogP contribution in [0.25, 0.3) is 11.3 Å². The van der Waals surface area contributed by atoms with Crippen molar-refractivity contribution < 1.29 is 18.8 Å². The third-order valence-corrected chi connectivity index (χ3v) is 4.68. The van der Waals surface area contributed by atoms with E-state index < -0.39 is 5.91 Å². The molecule has 0 aliphatic rings. The first kappa shape index (κ1) is 21.7. The van der Waals surface area contributed by atoms with Crippen LogP contribution in [0, 0.1) is 6.92 Å². The van der Waals surface area contributed by atoms with Gasteiger partial charge in [0.1, 0.15) is 22.8 Å². The van der Waals surface area contributed by atoms with Gasteiger partial charge in [0, 0.05) is 17.0 Å². The first-order chi connectivity index (χ1) is 14.5. The second-order valence-electron chi connectivity index (χ2n) is 6.36. The Morgan fingerprint density at radius 1 is 1.10 bits per heavy atom. The van der Waals surface area contributed by atoms with Gasteiger partial charge < -0.3 is 9.26 Å². The summed E-state index contributed by atoms with van der Waals surface area (Å²) < 4.78 is 10.7. The Kier molecular flexibility index (Phi) is 7.32. The van der Waals surface area contributed by atoms with Crippen LogP contribution < -0.4 is 15.6 Å². The number of amides is 2. The fraction of sp³-hybridized carbons (Fsp3) is 0.190. The molecular formula is C21H19Cl2N3O4. The summed E-state index contributed by atoms with van der Waals surface area (Å²) in [6, 6.07) is 14.1. The standard InChI is InChI=1S/C21H19Cl2N3O4/c1-13-19(20(26-30-13)14-6-3-2-4-7-14)21(28)25-24-18(27)8-5-11-29-17-10-9-15(22)12-16(17)23/h2-4,6-7,9-10,12H,5,8,11H2,1H3,(H,24,27)(H,25,28). The molecule has 1 heterocycles. The van der Waals surface area contributed by atoms with E-state index in [-0.39, 0.29) is 24.5 Å². The highest BCUT2D eigenvalue weighted by molar-refractivity contribution is 6.35. The average Bonchev–Trinajstić information content (AvgIpc) is 3.13. The van der Waals surface area contributed by atoms with Gasteiger partial charge in [0.05, 0.1) is 11.6 Å². The Morgan fingerprint density at radius 3 is 2.60 bits per heavy atom. The van der Waals surface area contributed by atoms with Gasteiger partial charge >= 0.3 is 0 Å². The van der Waals surface area contributed by atoms with E-state index in [2.05, 4.69) is 16.0 Å². The van der Waals surface area contributed by atoms with Crippen LogP contribution in [-0.2, 0) is 4.79 Å². The van der Waals surface area contributed by atoms with Gasteiger partial charge in [0.15, 0.2) is 0 Å². The monoisotopic (exact) mass is 447 g/mol. The van der Waals surface area contributed by atoms with Crippen molar-refractivity contribution in [2.24, 2.45) is 0 Å². The fourth-order valence-electron chi connectivity index (χ4n) is 2.69. The van der Waals surface area contributed by atoms with E-state index in [0.29, 0.717) is 33.7 Å². The summed E-state index contributed by atoms with van der Waals surface area (Å²) in [5.41, 5.74) is 6.20. The van der Waals surface area contributed by atoms with Crippen molar-refractivity contribution >= 4 is 35.0 Å². The number of aryl methyl sites for hydroxylation is 1. The molecule has 9 heteroatoms. The molecule has 0 saturated heterocycles. The molecular weight excluding hydrogens is 429 g/mol. The molecule has 0 bridgehead atoms. The van der Waals surface area contributed by atoms with Gasteiger partial charge in [-0.2, -0.15) is 0 Å². The molecule has 7 nitrogen and oxygen atoms in total. The molecule has 3 aromatic rings. The highest BCUT2D eigenvalue weighted by Crippen LogP contribution is 2.27. The Hall–Kier alpha value is -3.03. The lowest BCUT2D eigenvalue weighted by molar-refractivity contribution is -0.122. The van der Waals surface area contributed by atoms with Crippen molar-refractivity contribution in [2.75, 3.05) is 6.61 Å². The minimum atomic E-state index is -0.509. The van der Waals surface area contributed by atoms with E-state index in [1.807, 2.05) is 30.3 Å². The van der Waals surface area contributed by atoms with E-state index >= 15 is 0 Å². The summed E-state index contributed by atoms with van der Waals surface area (Å²) in [7, 11) is 0. The average molecular weight is 448 g/mol. The minimum absolute atomic E-state index is 0.152. The zero-order valence-corrected chi connectivity index (χ0v) is 17.6. The van der Waals surface area contributed by atoms with E-state index in [1.165, 1.54) is 0 Å². The first-order valence-corrected chi connectivity index (χ1v) is 9.90. The van der Waals surface area contributed by atoms with Crippen LogP contribution in [0.4, 0.5) is 0 Å². The number of hydrogen-bond donors (Lipinski definition) is 2. The maximum atomic E-state index is 12.5. The maximum Gasteiger partial charge on any atom is 0.275 e. The quantitative estimate of drug-likeness (QED) is 0.408. The molecule has 2 aromatic carbocycles. The number of rotatable bonds is 7. The molecule has 0 atom stereocenters. The number of carbonyl (C=O) groups is 2. The van der Waals surface area contributed by atoms with Crippen molar-refractivity contribution in [3.8, 4) is 17.0 Å². The van der Waals surface area contributed by atoms with Crippen LogP contribution in [0.1, 0.15) is 29.0 Å². The third kappa shape index (κ3) is 5.52. The summed E-state index contributed by atoms with van der Waals surface area (Å²) in [5.74, 6) is -0.0188. The summed E-state index contributed by atoms with van der Waals surface area (Å²) >= 11 is 11.9. The van der Waals surface area contributed by atoms with E-state index in [9.17, 15) is 9.59 Å². The summed E-state index contributed by atoms with van der Waals surface area (Å²) in [6.45, 7) is 1.92. The lowest BCUT2D eigenvalue weighted by atomic mass is 10.1. The maximum absolute atomic E-state index is 12.5.